The number of alkyl halides is 3. The minimum atomic E-state index is -4.83. The number of carbonyl (C=O) groups is 1. The zero-order valence-corrected chi connectivity index (χ0v) is 16.5. The van der Waals surface area contributed by atoms with Crippen LogP contribution in [0.15, 0.2) is 29.1 Å². The lowest BCUT2D eigenvalue weighted by Gasteiger charge is -2.10. The van der Waals surface area contributed by atoms with E-state index in [0.29, 0.717) is 28.1 Å². The molecule has 0 saturated heterocycles. The molecule has 0 aliphatic heterocycles. The van der Waals surface area contributed by atoms with Crippen molar-refractivity contribution in [3.63, 3.8) is 0 Å². The molecule has 1 amide bonds. The van der Waals surface area contributed by atoms with Crippen LogP contribution in [0.2, 0.25) is 0 Å². The lowest BCUT2D eigenvalue weighted by atomic mass is 10.2. The molecule has 3 rings (SSSR count). The second-order valence-electron chi connectivity index (χ2n) is 6.52. The SMILES string of the molecule is Cc1c(C(=O)Nc2cccc(OC(F)(F)F)c2)sc2nc(CN(C)C)[nH]c(=O)c12. The topological polar surface area (TPSA) is 87.3 Å². The number of benzene rings is 1. The first kappa shape index (κ1) is 20.8. The van der Waals surface area contributed by atoms with Crippen molar-refractivity contribution < 1.29 is 22.7 Å². The Morgan fingerprint density at radius 1 is 1.34 bits per heavy atom. The summed E-state index contributed by atoms with van der Waals surface area (Å²) in [5, 5.41) is 2.84. The Balaban J connectivity index is 1.90. The van der Waals surface area contributed by atoms with Crippen molar-refractivity contribution in [2.24, 2.45) is 0 Å². The fourth-order valence-corrected chi connectivity index (χ4v) is 3.83. The van der Waals surface area contributed by atoms with Crippen LogP contribution in [0.5, 0.6) is 5.75 Å². The van der Waals surface area contributed by atoms with E-state index in [1.54, 1.807) is 6.92 Å². The van der Waals surface area contributed by atoms with E-state index in [9.17, 15) is 22.8 Å². The Morgan fingerprint density at radius 3 is 2.72 bits per heavy atom. The van der Waals surface area contributed by atoms with Crippen LogP contribution in [0.25, 0.3) is 10.2 Å². The maximum Gasteiger partial charge on any atom is 0.573 e. The van der Waals surface area contributed by atoms with Crippen molar-refractivity contribution in [3.05, 3.63) is 50.9 Å². The summed E-state index contributed by atoms with van der Waals surface area (Å²) in [6.45, 7) is 2.05. The van der Waals surface area contributed by atoms with Crippen molar-refractivity contribution in [2.75, 3.05) is 19.4 Å². The van der Waals surface area contributed by atoms with Gasteiger partial charge in [0, 0.05) is 11.8 Å². The third-order valence-electron chi connectivity index (χ3n) is 3.85. The van der Waals surface area contributed by atoms with Gasteiger partial charge < -0.3 is 19.9 Å². The minimum Gasteiger partial charge on any atom is -0.406 e. The third kappa shape index (κ3) is 4.93. The number of H-pyrrole nitrogens is 1. The van der Waals surface area contributed by atoms with Gasteiger partial charge in [-0.3, -0.25) is 9.59 Å². The molecule has 3 aromatic rings. The summed E-state index contributed by atoms with van der Waals surface area (Å²) in [7, 11) is 3.67. The molecule has 0 unspecified atom stereocenters. The van der Waals surface area contributed by atoms with E-state index < -0.39 is 18.0 Å². The maximum absolute atomic E-state index is 12.7. The number of rotatable bonds is 5. The Morgan fingerprint density at radius 2 is 2.07 bits per heavy atom. The van der Waals surface area contributed by atoms with E-state index in [1.807, 2.05) is 19.0 Å². The average molecular weight is 426 g/mol. The summed E-state index contributed by atoms with van der Waals surface area (Å²) < 4.78 is 41.0. The molecule has 11 heteroatoms. The maximum atomic E-state index is 12.7. The van der Waals surface area contributed by atoms with Crippen LogP contribution in [0.4, 0.5) is 18.9 Å². The molecule has 0 atom stereocenters. The molecule has 154 valence electrons. The number of nitrogens with zero attached hydrogens (tertiary/aromatic N) is 2. The van der Waals surface area contributed by atoms with Crippen molar-refractivity contribution in [3.8, 4) is 5.75 Å². The lowest BCUT2D eigenvalue weighted by molar-refractivity contribution is -0.274. The molecule has 0 aliphatic carbocycles. The number of carbonyl (C=O) groups excluding carboxylic acids is 1. The first-order valence-electron chi connectivity index (χ1n) is 8.37. The largest absolute Gasteiger partial charge is 0.573 e. The highest BCUT2D eigenvalue weighted by Crippen LogP contribution is 2.29. The van der Waals surface area contributed by atoms with Crippen LogP contribution in [-0.2, 0) is 6.54 Å². The van der Waals surface area contributed by atoms with E-state index in [0.717, 1.165) is 23.5 Å². The summed E-state index contributed by atoms with van der Waals surface area (Å²) in [4.78, 5) is 34.7. The molecule has 0 aliphatic rings. The van der Waals surface area contributed by atoms with Crippen LogP contribution in [0.1, 0.15) is 21.1 Å². The molecule has 2 aromatic heterocycles. The number of aromatic amines is 1. The van der Waals surface area contributed by atoms with Gasteiger partial charge in [0.2, 0.25) is 0 Å². The van der Waals surface area contributed by atoms with E-state index in [1.165, 1.54) is 12.1 Å². The second-order valence-corrected chi connectivity index (χ2v) is 7.52. The average Bonchev–Trinajstić information content (AvgIpc) is 2.90. The second kappa shape index (κ2) is 7.84. The molecule has 2 heterocycles. The van der Waals surface area contributed by atoms with Gasteiger partial charge in [-0.25, -0.2) is 4.98 Å². The molecular weight excluding hydrogens is 409 g/mol. The van der Waals surface area contributed by atoms with Gasteiger partial charge in [0.15, 0.2) is 0 Å². The number of anilines is 1. The Labute approximate surface area is 167 Å². The normalized spacial score (nSPS) is 11.8. The predicted octanol–water partition coefficient (Wildman–Crippen LogP) is 3.51. The summed E-state index contributed by atoms with van der Waals surface area (Å²) in [6.07, 6.45) is -4.83. The van der Waals surface area contributed by atoms with Crippen molar-refractivity contribution >= 4 is 33.1 Å². The fourth-order valence-electron chi connectivity index (χ4n) is 2.74. The molecule has 0 fully saturated rings. The number of fused-ring (bicyclic) bond motifs is 1. The third-order valence-corrected chi connectivity index (χ3v) is 5.03. The number of ether oxygens (including phenoxy) is 1. The summed E-state index contributed by atoms with van der Waals surface area (Å²) in [5.41, 5.74) is 0.236. The standard InChI is InChI=1S/C18H17F3N4O3S/c1-9-13-15(26)23-12(8-25(2)3)24-17(13)29-14(9)16(27)22-10-5-4-6-11(7-10)28-18(19,20)21/h4-7H,8H2,1-3H3,(H,22,27)(H,23,24,26). The molecule has 2 N–H and O–H groups in total. The molecule has 0 bridgehead atoms. The predicted molar refractivity (Wildman–Crippen MR) is 103 cm³/mol. The van der Waals surface area contributed by atoms with Crippen LogP contribution in [0, 0.1) is 6.92 Å². The van der Waals surface area contributed by atoms with Gasteiger partial charge >= 0.3 is 6.36 Å². The van der Waals surface area contributed by atoms with Crippen LogP contribution in [0.3, 0.4) is 0 Å². The number of nitrogens with one attached hydrogen (secondary N) is 2. The number of hydrogen-bond donors (Lipinski definition) is 2. The van der Waals surface area contributed by atoms with Crippen LogP contribution in [-0.4, -0.2) is 41.2 Å². The van der Waals surface area contributed by atoms with Gasteiger partial charge in [0.1, 0.15) is 16.4 Å². The zero-order valence-electron chi connectivity index (χ0n) is 15.7. The van der Waals surface area contributed by atoms with Gasteiger partial charge in [0.05, 0.1) is 16.8 Å². The first-order chi connectivity index (χ1) is 13.5. The number of aryl methyl sites for hydroxylation is 1. The van der Waals surface area contributed by atoms with Crippen LogP contribution >= 0.6 is 11.3 Å². The lowest BCUT2D eigenvalue weighted by Crippen LogP contribution is -2.18. The molecular formula is C18H17F3N4O3S. The highest BCUT2D eigenvalue weighted by molar-refractivity contribution is 7.20. The van der Waals surface area contributed by atoms with E-state index in [2.05, 4.69) is 20.0 Å². The molecule has 0 radical (unpaired) electrons. The number of hydrogen-bond acceptors (Lipinski definition) is 6. The summed E-state index contributed by atoms with van der Waals surface area (Å²) in [5.74, 6) is -0.532. The molecule has 7 nitrogen and oxygen atoms in total. The molecule has 1 aromatic carbocycles. The number of thiophene rings is 1. The summed E-state index contributed by atoms with van der Waals surface area (Å²) >= 11 is 1.05. The highest BCUT2D eigenvalue weighted by atomic mass is 32.1. The monoisotopic (exact) mass is 426 g/mol. The number of aromatic nitrogens is 2. The minimum absolute atomic E-state index is 0.128. The van der Waals surface area contributed by atoms with Crippen molar-refractivity contribution in [1.82, 2.24) is 14.9 Å². The van der Waals surface area contributed by atoms with Crippen molar-refractivity contribution in [1.29, 1.82) is 0 Å². The van der Waals surface area contributed by atoms with E-state index >= 15 is 0 Å². The van der Waals surface area contributed by atoms with Gasteiger partial charge in [-0.15, -0.1) is 24.5 Å². The molecule has 0 spiro atoms. The number of amides is 1. The van der Waals surface area contributed by atoms with Crippen molar-refractivity contribution in [2.45, 2.75) is 19.8 Å². The number of halogens is 3. The smallest absolute Gasteiger partial charge is 0.406 e. The first-order valence-corrected chi connectivity index (χ1v) is 9.19. The van der Waals surface area contributed by atoms with Gasteiger partial charge in [-0.05, 0) is 38.7 Å². The Bertz CT molecular complexity index is 1120. The van der Waals surface area contributed by atoms with Crippen LogP contribution < -0.4 is 15.6 Å². The zero-order chi connectivity index (χ0) is 21.3. The van der Waals surface area contributed by atoms with Gasteiger partial charge in [0.25, 0.3) is 11.5 Å². The summed E-state index contributed by atoms with van der Waals surface area (Å²) in [6, 6.07) is 4.95. The fraction of sp³-hybridized carbons (Fsp3) is 0.278. The van der Waals surface area contributed by atoms with Gasteiger partial charge in [-0.1, -0.05) is 6.07 Å². The van der Waals surface area contributed by atoms with E-state index in [-0.39, 0.29) is 16.1 Å². The van der Waals surface area contributed by atoms with Gasteiger partial charge in [-0.2, -0.15) is 0 Å². The quantitative estimate of drug-likeness (QED) is 0.652. The van der Waals surface area contributed by atoms with E-state index in [4.69, 9.17) is 0 Å². The molecule has 0 saturated carbocycles. The molecule has 29 heavy (non-hydrogen) atoms. The Hall–Kier alpha value is -2.92. The highest BCUT2D eigenvalue weighted by Gasteiger charge is 2.31. The Kier molecular flexibility index (Phi) is 5.62.